The molecule has 0 saturated heterocycles. The highest BCUT2D eigenvalue weighted by Crippen LogP contribution is 2.42. The van der Waals surface area contributed by atoms with E-state index in [1.165, 1.54) is 21.7 Å². The van der Waals surface area contributed by atoms with Crippen LogP contribution in [0.15, 0.2) is 182 Å². The van der Waals surface area contributed by atoms with Gasteiger partial charge in [0.05, 0.1) is 22.4 Å². The minimum Gasteiger partial charge on any atom is -0.309 e. The van der Waals surface area contributed by atoms with E-state index < -0.39 is 0 Å². The van der Waals surface area contributed by atoms with Crippen LogP contribution in [0.5, 0.6) is 0 Å². The number of aliphatic imine (C=N–C) groups is 1. The first kappa shape index (κ1) is 35.2. The Bertz CT molecular complexity index is 3160. The standard InChI is InChI=1S/C53H41N5/c1-34(47-16-6-10-24-54-47)28-39(29-35(2)48-17-7-11-25-55-48)43-22-23-46-44-21-20-37(33-51(44)58-36(3)42-14-4-5-15-45(42)52(43)53(46)58)38-30-40(49-18-8-12-26-56-49)32-41(31-38)50-19-9-13-27-57-50/h4-6,8-16,18-31,33,40H,1,3,7,17,32H2,2H3/b35-29+,39-28+. The van der Waals surface area contributed by atoms with Gasteiger partial charge in [0, 0.05) is 69.0 Å². The predicted molar refractivity (Wildman–Crippen MR) is 243 cm³/mol. The zero-order chi connectivity index (χ0) is 39.2. The molecule has 278 valence electrons. The van der Waals surface area contributed by atoms with Gasteiger partial charge in [0.1, 0.15) is 0 Å². The van der Waals surface area contributed by atoms with Gasteiger partial charge in [-0.2, -0.15) is 0 Å². The summed E-state index contributed by atoms with van der Waals surface area (Å²) in [7, 11) is 0. The van der Waals surface area contributed by atoms with Crippen LogP contribution < -0.4 is 5.35 Å². The lowest BCUT2D eigenvalue weighted by Crippen LogP contribution is -2.13. The second-order valence-electron chi connectivity index (χ2n) is 15.2. The van der Waals surface area contributed by atoms with Crippen LogP contribution in [0.4, 0.5) is 0 Å². The van der Waals surface area contributed by atoms with Crippen LogP contribution >= 0.6 is 0 Å². The van der Waals surface area contributed by atoms with E-state index in [0.717, 1.165) is 103 Å². The van der Waals surface area contributed by atoms with E-state index in [4.69, 9.17) is 21.5 Å². The summed E-state index contributed by atoms with van der Waals surface area (Å²) in [6.45, 7) is 11.4. The van der Waals surface area contributed by atoms with E-state index in [1.54, 1.807) is 0 Å². The summed E-state index contributed by atoms with van der Waals surface area (Å²) in [5.41, 5.74) is 13.9. The van der Waals surface area contributed by atoms with Crippen LogP contribution in [-0.4, -0.2) is 25.1 Å². The average Bonchev–Trinajstić information content (AvgIpc) is 3.63. The number of pyridine rings is 4. The van der Waals surface area contributed by atoms with Crippen LogP contribution in [0.3, 0.4) is 0 Å². The molecule has 10 rings (SSSR count). The average molecular weight is 748 g/mol. The molecular weight excluding hydrogens is 707 g/mol. The lowest BCUT2D eigenvalue weighted by atomic mass is 9.84. The Morgan fingerprint density at radius 1 is 0.776 bits per heavy atom. The van der Waals surface area contributed by atoms with E-state index in [2.05, 4.69) is 132 Å². The molecule has 1 atom stereocenters. The SMILES string of the molecule is C=C(/C=C(\C=C(/C)C1=NC=CCC1)c1ccc2c3ccc(C4=CC(c5ccccn5)CC(c5ccccn5)=C4)cc3n3c(=C)c4ccccc4c1c23)c1ccccn1. The number of allylic oxidation sites excluding steroid dienone is 10. The number of nitrogens with zero attached hydrogens (tertiary/aromatic N) is 5. The Balaban J connectivity index is 1.22. The zero-order valence-corrected chi connectivity index (χ0v) is 32.4. The van der Waals surface area contributed by atoms with Crippen molar-refractivity contribution in [1.82, 2.24) is 19.4 Å². The smallest absolute Gasteiger partial charge is 0.0696 e. The van der Waals surface area contributed by atoms with Gasteiger partial charge in [-0.05, 0) is 131 Å². The maximum absolute atomic E-state index is 4.78. The molecule has 0 radical (unpaired) electrons. The van der Waals surface area contributed by atoms with Crippen LogP contribution in [0.2, 0.25) is 0 Å². The van der Waals surface area contributed by atoms with E-state index in [1.807, 2.05) is 55.1 Å². The third-order valence-electron chi connectivity index (χ3n) is 11.6. The first-order valence-corrected chi connectivity index (χ1v) is 19.9. The Kier molecular flexibility index (Phi) is 8.91. The number of fused-ring (bicyclic) bond motifs is 5. The van der Waals surface area contributed by atoms with E-state index in [-0.39, 0.29) is 5.92 Å². The highest BCUT2D eigenvalue weighted by molar-refractivity contribution is 6.24. The molecule has 0 N–H and O–H groups in total. The molecule has 5 heteroatoms. The molecule has 0 spiro atoms. The van der Waals surface area contributed by atoms with Gasteiger partial charge >= 0.3 is 0 Å². The van der Waals surface area contributed by atoms with Crippen molar-refractivity contribution in [3.05, 3.63) is 210 Å². The summed E-state index contributed by atoms with van der Waals surface area (Å²) in [5, 5.41) is 6.79. The number of aromatic nitrogens is 4. The molecule has 0 amide bonds. The fraction of sp³-hybridized carbons (Fsp3) is 0.0943. The molecular formula is C53H41N5. The molecule has 0 saturated carbocycles. The van der Waals surface area contributed by atoms with Crippen molar-refractivity contribution < 1.29 is 0 Å². The fourth-order valence-electron chi connectivity index (χ4n) is 8.78. The lowest BCUT2D eigenvalue weighted by molar-refractivity contribution is 0.827. The van der Waals surface area contributed by atoms with Crippen LogP contribution in [0.25, 0.3) is 66.8 Å². The molecule has 0 bridgehead atoms. The zero-order valence-electron chi connectivity index (χ0n) is 32.4. The monoisotopic (exact) mass is 747 g/mol. The lowest BCUT2D eigenvalue weighted by Gasteiger charge is -2.22. The molecule has 6 heterocycles. The van der Waals surface area contributed by atoms with E-state index in [9.17, 15) is 0 Å². The summed E-state index contributed by atoms with van der Waals surface area (Å²) < 4.78 is 2.39. The summed E-state index contributed by atoms with van der Waals surface area (Å²) in [5.74, 6) is 0.118. The molecule has 8 aromatic rings. The van der Waals surface area contributed by atoms with Gasteiger partial charge in [0.25, 0.3) is 0 Å². The largest absolute Gasteiger partial charge is 0.309 e. The molecule has 1 aliphatic carbocycles. The topological polar surface area (TPSA) is 55.4 Å². The van der Waals surface area contributed by atoms with E-state index >= 15 is 0 Å². The molecule has 3 aromatic carbocycles. The van der Waals surface area contributed by atoms with Crippen molar-refractivity contribution in [2.45, 2.75) is 32.1 Å². The number of rotatable bonds is 8. The molecule has 0 fully saturated rings. The molecule has 2 aliphatic rings. The number of hydrogen-bond acceptors (Lipinski definition) is 4. The maximum Gasteiger partial charge on any atom is 0.0696 e. The van der Waals surface area contributed by atoms with Gasteiger partial charge in [0.2, 0.25) is 0 Å². The van der Waals surface area contributed by atoms with Gasteiger partial charge < -0.3 is 4.40 Å². The predicted octanol–water partition coefficient (Wildman–Crippen LogP) is 12.2. The number of hydrogen-bond donors (Lipinski definition) is 0. The third-order valence-corrected chi connectivity index (χ3v) is 11.6. The van der Waals surface area contributed by atoms with Gasteiger partial charge in [-0.25, -0.2) is 0 Å². The van der Waals surface area contributed by atoms with Crippen molar-refractivity contribution >= 4 is 72.5 Å². The second kappa shape index (κ2) is 14.7. The Labute approximate surface area is 337 Å². The summed E-state index contributed by atoms with van der Waals surface area (Å²) in [6, 6.07) is 38.4. The second-order valence-corrected chi connectivity index (χ2v) is 15.2. The van der Waals surface area contributed by atoms with Crippen molar-refractivity contribution in [2.75, 3.05) is 0 Å². The molecule has 1 aliphatic heterocycles. The van der Waals surface area contributed by atoms with Crippen molar-refractivity contribution in [2.24, 2.45) is 4.99 Å². The van der Waals surface area contributed by atoms with Crippen LogP contribution in [0, 0.1) is 0 Å². The van der Waals surface area contributed by atoms with E-state index in [0.29, 0.717) is 0 Å². The fourth-order valence-corrected chi connectivity index (χ4v) is 8.78. The van der Waals surface area contributed by atoms with Gasteiger partial charge in [0.15, 0.2) is 0 Å². The quantitative estimate of drug-likeness (QED) is 0.115. The Morgan fingerprint density at radius 3 is 2.31 bits per heavy atom. The Morgan fingerprint density at radius 2 is 1.55 bits per heavy atom. The number of benzene rings is 3. The molecule has 5 aromatic heterocycles. The molecule has 58 heavy (non-hydrogen) atoms. The van der Waals surface area contributed by atoms with Crippen molar-refractivity contribution in [3.63, 3.8) is 0 Å². The van der Waals surface area contributed by atoms with Gasteiger partial charge in [-0.1, -0.05) is 92.0 Å². The van der Waals surface area contributed by atoms with Crippen LogP contribution in [0.1, 0.15) is 60.3 Å². The van der Waals surface area contributed by atoms with Crippen molar-refractivity contribution in [1.29, 1.82) is 0 Å². The molecule has 5 nitrogen and oxygen atoms in total. The highest BCUT2D eigenvalue weighted by atomic mass is 14.9. The minimum absolute atomic E-state index is 0.118. The highest BCUT2D eigenvalue weighted by Gasteiger charge is 2.23. The third kappa shape index (κ3) is 6.22. The minimum atomic E-state index is 0.118. The van der Waals surface area contributed by atoms with Gasteiger partial charge in [-0.15, -0.1) is 0 Å². The molecule has 1 unspecified atom stereocenters. The normalized spacial score (nSPS) is 16.2. The first-order valence-electron chi connectivity index (χ1n) is 19.9. The first-order chi connectivity index (χ1) is 28.5. The van der Waals surface area contributed by atoms with Gasteiger partial charge in [-0.3, -0.25) is 19.9 Å². The Hall–Kier alpha value is -7.24. The van der Waals surface area contributed by atoms with Crippen molar-refractivity contribution in [3.8, 4) is 0 Å². The summed E-state index contributed by atoms with van der Waals surface area (Å²) >= 11 is 0. The summed E-state index contributed by atoms with van der Waals surface area (Å²) in [4.78, 5) is 19.0. The van der Waals surface area contributed by atoms with Crippen LogP contribution in [-0.2, 0) is 0 Å². The maximum atomic E-state index is 4.78. The summed E-state index contributed by atoms with van der Waals surface area (Å²) in [6.07, 6.45) is 21.5.